The van der Waals surface area contributed by atoms with Crippen molar-refractivity contribution in [3.05, 3.63) is 0 Å². The Morgan fingerprint density at radius 3 is 2.50 bits per heavy atom. The van der Waals surface area contributed by atoms with Gasteiger partial charge in [0, 0.05) is 5.92 Å². The maximum Gasteiger partial charge on any atom is 0.0966 e. The zero-order valence-corrected chi connectivity index (χ0v) is 9.79. The summed E-state index contributed by atoms with van der Waals surface area (Å²) in [4.78, 5) is 4.67. The van der Waals surface area contributed by atoms with Crippen LogP contribution in [0.4, 0.5) is 0 Å². The quantitative estimate of drug-likeness (QED) is 0.411. The fourth-order valence-corrected chi connectivity index (χ4v) is 2.01. The number of nitrogens with zero attached hydrogens (tertiary/aromatic N) is 1. The molecule has 0 aromatic heterocycles. The minimum atomic E-state index is 0.394. The molecular formula is C12H24N2. The number of amidine groups is 1. The molecule has 0 aromatic rings. The van der Waals surface area contributed by atoms with Crippen LogP contribution in [-0.2, 0) is 0 Å². The average molecular weight is 196 g/mol. The molecule has 0 amide bonds. The topological polar surface area (TPSA) is 38.4 Å². The number of rotatable bonds is 2. The van der Waals surface area contributed by atoms with E-state index in [1.165, 1.54) is 32.1 Å². The van der Waals surface area contributed by atoms with Crippen molar-refractivity contribution in [1.82, 2.24) is 0 Å². The molecule has 14 heavy (non-hydrogen) atoms. The number of hydrogen-bond acceptors (Lipinski definition) is 1. The van der Waals surface area contributed by atoms with Gasteiger partial charge in [0.15, 0.2) is 0 Å². The Labute approximate surface area is 88.0 Å². The van der Waals surface area contributed by atoms with Gasteiger partial charge in [0.1, 0.15) is 0 Å². The Bertz CT molecular complexity index is 196. The van der Waals surface area contributed by atoms with E-state index in [0.29, 0.717) is 12.0 Å². The van der Waals surface area contributed by atoms with Crippen LogP contribution >= 0.6 is 0 Å². The first-order valence-electron chi connectivity index (χ1n) is 5.94. The first-order valence-corrected chi connectivity index (χ1v) is 5.94. The number of hydrogen-bond donors (Lipinski definition) is 1. The lowest BCUT2D eigenvalue weighted by molar-refractivity contribution is 0.432. The highest BCUT2D eigenvalue weighted by Crippen LogP contribution is 2.25. The molecule has 1 fully saturated rings. The third-order valence-electron chi connectivity index (χ3n) is 3.22. The lowest BCUT2D eigenvalue weighted by Gasteiger charge is -2.18. The van der Waals surface area contributed by atoms with E-state index in [0.717, 1.165) is 11.8 Å². The van der Waals surface area contributed by atoms with E-state index in [4.69, 9.17) is 5.73 Å². The van der Waals surface area contributed by atoms with Gasteiger partial charge in [-0.25, -0.2) is 0 Å². The summed E-state index contributed by atoms with van der Waals surface area (Å²) < 4.78 is 0. The zero-order valence-electron chi connectivity index (χ0n) is 9.79. The molecular weight excluding hydrogens is 172 g/mol. The van der Waals surface area contributed by atoms with E-state index in [1.54, 1.807) is 0 Å². The summed E-state index contributed by atoms with van der Waals surface area (Å²) in [6, 6.07) is 0.486. The fourth-order valence-electron chi connectivity index (χ4n) is 2.01. The largest absolute Gasteiger partial charge is 0.387 e. The van der Waals surface area contributed by atoms with Gasteiger partial charge in [0.05, 0.1) is 11.9 Å². The first kappa shape index (κ1) is 11.5. The van der Waals surface area contributed by atoms with Crippen molar-refractivity contribution < 1.29 is 0 Å². The molecule has 2 nitrogen and oxygen atoms in total. The average Bonchev–Trinajstić information content (AvgIpc) is 2.32. The van der Waals surface area contributed by atoms with Crippen LogP contribution in [0.2, 0.25) is 0 Å². The summed E-state index contributed by atoms with van der Waals surface area (Å²) in [5.41, 5.74) is 5.91. The molecule has 0 saturated heterocycles. The predicted octanol–water partition coefficient (Wildman–Crippen LogP) is 2.97. The minimum absolute atomic E-state index is 0.394. The fraction of sp³-hybridized carbons (Fsp3) is 0.917. The number of aliphatic imine (C=N–C) groups is 1. The maximum absolute atomic E-state index is 5.91. The highest BCUT2D eigenvalue weighted by Gasteiger charge is 2.19. The van der Waals surface area contributed by atoms with Gasteiger partial charge >= 0.3 is 0 Å². The zero-order chi connectivity index (χ0) is 10.6. The normalized spacial score (nSPS) is 30.4. The third kappa shape index (κ3) is 3.32. The van der Waals surface area contributed by atoms with Gasteiger partial charge in [0.2, 0.25) is 0 Å². The Morgan fingerprint density at radius 1 is 1.21 bits per heavy atom. The molecule has 1 aliphatic rings. The molecule has 2 N–H and O–H groups in total. The Hall–Kier alpha value is -0.530. The minimum Gasteiger partial charge on any atom is -0.387 e. The van der Waals surface area contributed by atoms with Crippen molar-refractivity contribution in [3.63, 3.8) is 0 Å². The monoisotopic (exact) mass is 196 g/mol. The molecule has 1 rings (SSSR count). The molecule has 1 aliphatic carbocycles. The van der Waals surface area contributed by atoms with Crippen molar-refractivity contribution in [3.8, 4) is 0 Å². The van der Waals surface area contributed by atoms with Crippen LogP contribution in [0.5, 0.6) is 0 Å². The highest BCUT2D eigenvalue weighted by atomic mass is 14.9. The summed E-state index contributed by atoms with van der Waals surface area (Å²) in [6.45, 7) is 6.54. The standard InChI is InChI=1S/C12H24N2/c1-9(2)12(13)14-11-8-6-4-5-7-10(11)3/h9-11H,4-8H2,1-3H3,(H2,13,14). The van der Waals surface area contributed by atoms with Crippen LogP contribution < -0.4 is 5.73 Å². The Balaban J connectivity index is 2.60. The van der Waals surface area contributed by atoms with Crippen molar-refractivity contribution >= 4 is 5.84 Å². The van der Waals surface area contributed by atoms with E-state index < -0.39 is 0 Å². The third-order valence-corrected chi connectivity index (χ3v) is 3.22. The molecule has 0 aromatic carbocycles. The van der Waals surface area contributed by atoms with E-state index in [1.807, 2.05) is 0 Å². The van der Waals surface area contributed by atoms with E-state index >= 15 is 0 Å². The molecule has 1 saturated carbocycles. The molecule has 2 heteroatoms. The molecule has 0 spiro atoms. The summed E-state index contributed by atoms with van der Waals surface area (Å²) in [5.74, 6) is 1.95. The second-order valence-electron chi connectivity index (χ2n) is 4.89. The molecule has 0 heterocycles. The lowest BCUT2D eigenvalue weighted by atomic mass is 9.97. The summed E-state index contributed by atoms with van der Waals surface area (Å²) in [7, 11) is 0. The van der Waals surface area contributed by atoms with Gasteiger partial charge in [-0.15, -0.1) is 0 Å². The Morgan fingerprint density at radius 2 is 1.86 bits per heavy atom. The molecule has 0 aliphatic heterocycles. The van der Waals surface area contributed by atoms with Crippen LogP contribution in [-0.4, -0.2) is 11.9 Å². The van der Waals surface area contributed by atoms with Gasteiger partial charge in [-0.3, -0.25) is 4.99 Å². The van der Waals surface area contributed by atoms with Gasteiger partial charge < -0.3 is 5.73 Å². The van der Waals surface area contributed by atoms with Gasteiger partial charge in [-0.2, -0.15) is 0 Å². The molecule has 2 unspecified atom stereocenters. The smallest absolute Gasteiger partial charge is 0.0966 e. The van der Waals surface area contributed by atoms with E-state index in [2.05, 4.69) is 25.8 Å². The SMILES string of the molecule is CC(C)C(N)=NC1CCCCCC1C. The van der Waals surface area contributed by atoms with Crippen molar-refractivity contribution in [2.45, 2.75) is 58.9 Å². The van der Waals surface area contributed by atoms with Crippen molar-refractivity contribution in [2.75, 3.05) is 0 Å². The maximum atomic E-state index is 5.91. The number of nitrogens with two attached hydrogens (primary N) is 1. The van der Waals surface area contributed by atoms with Crippen molar-refractivity contribution in [1.29, 1.82) is 0 Å². The van der Waals surface area contributed by atoms with Gasteiger partial charge in [-0.1, -0.05) is 40.0 Å². The predicted molar refractivity (Wildman–Crippen MR) is 62.5 cm³/mol. The summed E-state index contributed by atoms with van der Waals surface area (Å²) in [5, 5.41) is 0. The molecule has 82 valence electrons. The van der Waals surface area contributed by atoms with Gasteiger partial charge in [-0.05, 0) is 18.8 Å². The molecule has 0 radical (unpaired) electrons. The second kappa shape index (κ2) is 5.38. The first-order chi connectivity index (χ1) is 6.61. The van der Waals surface area contributed by atoms with Crippen LogP contribution in [0.3, 0.4) is 0 Å². The van der Waals surface area contributed by atoms with Crippen molar-refractivity contribution in [2.24, 2.45) is 22.6 Å². The van der Waals surface area contributed by atoms with Crippen LogP contribution in [0.1, 0.15) is 52.9 Å². The second-order valence-corrected chi connectivity index (χ2v) is 4.89. The van der Waals surface area contributed by atoms with Crippen LogP contribution in [0, 0.1) is 11.8 Å². The molecule has 0 bridgehead atoms. The lowest BCUT2D eigenvalue weighted by Crippen LogP contribution is -2.24. The van der Waals surface area contributed by atoms with Crippen LogP contribution in [0.15, 0.2) is 4.99 Å². The Kier molecular flexibility index (Phi) is 4.43. The highest BCUT2D eigenvalue weighted by molar-refractivity contribution is 5.82. The molecule has 2 atom stereocenters. The summed E-state index contributed by atoms with van der Waals surface area (Å²) >= 11 is 0. The van der Waals surface area contributed by atoms with Crippen LogP contribution in [0.25, 0.3) is 0 Å². The van der Waals surface area contributed by atoms with E-state index in [-0.39, 0.29) is 0 Å². The van der Waals surface area contributed by atoms with E-state index in [9.17, 15) is 0 Å². The summed E-state index contributed by atoms with van der Waals surface area (Å²) in [6.07, 6.45) is 6.62. The van der Waals surface area contributed by atoms with Gasteiger partial charge in [0.25, 0.3) is 0 Å².